The standard InChI is InChI=1S/C17H13ClN2O4/c18-12-6-7-15(20-19-10-13(21)9-16(22)23)14(8-12)17(24)11-4-2-1-3-5-11/h1-8H,9-10H2,(H,22,23). The van der Waals surface area contributed by atoms with Crippen molar-refractivity contribution in [2.24, 2.45) is 10.2 Å². The maximum atomic E-state index is 12.6. The number of ketones is 2. The van der Waals surface area contributed by atoms with Crippen molar-refractivity contribution in [3.8, 4) is 0 Å². The highest BCUT2D eigenvalue weighted by molar-refractivity contribution is 6.31. The molecule has 0 aliphatic heterocycles. The van der Waals surface area contributed by atoms with Crippen LogP contribution in [0.5, 0.6) is 0 Å². The van der Waals surface area contributed by atoms with Crippen LogP contribution in [0.3, 0.4) is 0 Å². The molecule has 0 aliphatic carbocycles. The summed E-state index contributed by atoms with van der Waals surface area (Å²) in [4.78, 5) is 34.3. The fourth-order valence-corrected chi connectivity index (χ4v) is 2.11. The summed E-state index contributed by atoms with van der Waals surface area (Å²) in [7, 11) is 0. The molecule has 0 saturated carbocycles. The van der Waals surface area contributed by atoms with E-state index in [4.69, 9.17) is 16.7 Å². The molecule has 1 N–H and O–H groups in total. The Kier molecular flexibility index (Phi) is 5.92. The maximum absolute atomic E-state index is 12.6. The third-order valence-electron chi connectivity index (χ3n) is 3.01. The van der Waals surface area contributed by atoms with Gasteiger partial charge < -0.3 is 5.11 Å². The minimum Gasteiger partial charge on any atom is -0.481 e. The van der Waals surface area contributed by atoms with Gasteiger partial charge in [0, 0.05) is 10.6 Å². The number of hydrogen-bond acceptors (Lipinski definition) is 5. The molecule has 24 heavy (non-hydrogen) atoms. The summed E-state index contributed by atoms with van der Waals surface area (Å²) in [5.74, 6) is -2.07. The van der Waals surface area contributed by atoms with Crippen LogP contribution in [0.1, 0.15) is 22.3 Å². The normalized spacial score (nSPS) is 10.7. The predicted octanol–water partition coefficient (Wildman–Crippen LogP) is 3.70. The van der Waals surface area contributed by atoms with E-state index in [1.807, 2.05) is 0 Å². The first kappa shape index (κ1) is 17.5. The summed E-state index contributed by atoms with van der Waals surface area (Å²) in [5, 5.41) is 16.4. The second kappa shape index (κ2) is 8.12. The third-order valence-corrected chi connectivity index (χ3v) is 3.25. The number of carboxylic acids is 1. The van der Waals surface area contributed by atoms with E-state index in [-0.39, 0.29) is 23.6 Å². The molecule has 0 heterocycles. The quantitative estimate of drug-likeness (QED) is 0.470. The van der Waals surface area contributed by atoms with E-state index in [1.165, 1.54) is 12.1 Å². The van der Waals surface area contributed by atoms with Gasteiger partial charge in [-0.1, -0.05) is 41.9 Å². The van der Waals surface area contributed by atoms with Gasteiger partial charge in [-0.25, -0.2) is 0 Å². The Morgan fingerprint density at radius 1 is 1.04 bits per heavy atom. The zero-order valence-corrected chi connectivity index (χ0v) is 13.2. The number of hydrogen-bond donors (Lipinski definition) is 1. The summed E-state index contributed by atoms with van der Waals surface area (Å²) in [6, 6.07) is 13.2. The average molecular weight is 345 g/mol. The highest BCUT2D eigenvalue weighted by atomic mass is 35.5. The van der Waals surface area contributed by atoms with Crippen LogP contribution in [-0.2, 0) is 9.59 Å². The van der Waals surface area contributed by atoms with Crippen LogP contribution in [0.25, 0.3) is 0 Å². The van der Waals surface area contributed by atoms with Crippen LogP contribution in [0.15, 0.2) is 58.8 Å². The Morgan fingerprint density at radius 2 is 1.75 bits per heavy atom. The number of azo groups is 1. The lowest BCUT2D eigenvalue weighted by Crippen LogP contribution is -2.09. The molecule has 0 bridgehead atoms. The summed E-state index contributed by atoms with van der Waals surface area (Å²) < 4.78 is 0. The summed E-state index contributed by atoms with van der Waals surface area (Å²) >= 11 is 5.95. The van der Waals surface area contributed by atoms with Gasteiger partial charge in [0.05, 0.1) is 11.3 Å². The lowest BCUT2D eigenvalue weighted by Gasteiger charge is -2.05. The van der Waals surface area contributed by atoms with Crippen molar-refractivity contribution >= 4 is 34.8 Å². The van der Waals surface area contributed by atoms with E-state index in [0.717, 1.165) is 0 Å². The van der Waals surface area contributed by atoms with E-state index in [1.54, 1.807) is 36.4 Å². The highest BCUT2D eigenvalue weighted by Gasteiger charge is 2.14. The number of halogens is 1. The van der Waals surface area contributed by atoms with Gasteiger partial charge in [0.1, 0.15) is 13.0 Å². The number of carbonyl (C=O) groups is 3. The number of Topliss-reactive ketones (excluding diaryl/α,β-unsaturated/α-hetero) is 1. The largest absolute Gasteiger partial charge is 0.481 e. The first-order valence-corrected chi connectivity index (χ1v) is 7.35. The molecule has 0 radical (unpaired) electrons. The van der Waals surface area contributed by atoms with E-state index < -0.39 is 18.2 Å². The SMILES string of the molecule is O=C(O)CC(=O)CN=Nc1ccc(Cl)cc1C(=O)c1ccccc1. The molecule has 2 aromatic carbocycles. The van der Waals surface area contributed by atoms with Gasteiger partial charge in [-0.15, -0.1) is 0 Å². The van der Waals surface area contributed by atoms with Crippen molar-refractivity contribution < 1.29 is 19.5 Å². The minimum atomic E-state index is -1.22. The molecule has 2 rings (SSSR count). The Labute approximate surface area is 142 Å². The number of aliphatic carboxylic acids is 1. The van der Waals surface area contributed by atoms with Crippen molar-refractivity contribution in [1.29, 1.82) is 0 Å². The second-order valence-corrected chi connectivity index (χ2v) is 5.30. The van der Waals surface area contributed by atoms with Crippen molar-refractivity contribution in [3.05, 3.63) is 64.7 Å². The monoisotopic (exact) mass is 344 g/mol. The molecule has 2 aromatic rings. The molecule has 122 valence electrons. The molecule has 0 fully saturated rings. The second-order valence-electron chi connectivity index (χ2n) is 4.87. The average Bonchev–Trinajstić information content (AvgIpc) is 2.55. The molecule has 0 aliphatic rings. The summed E-state index contributed by atoms with van der Waals surface area (Å²) in [6.07, 6.45) is -0.616. The lowest BCUT2D eigenvalue weighted by molar-refractivity contribution is -0.139. The van der Waals surface area contributed by atoms with Crippen molar-refractivity contribution in [2.75, 3.05) is 6.54 Å². The fraction of sp³-hybridized carbons (Fsp3) is 0.118. The minimum absolute atomic E-state index is 0.253. The molecular formula is C17H13ClN2O4. The van der Waals surface area contributed by atoms with Crippen molar-refractivity contribution in [2.45, 2.75) is 6.42 Å². The Bertz CT molecular complexity index is 803. The van der Waals surface area contributed by atoms with Gasteiger partial charge >= 0.3 is 5.97 Å². The molecule has 0 unspecified atom stereocenters. The van der Waals surface area contributed by atoms with Gasteiger partial charge in [0.2, 0.25) is 0 Å². The molecular weight excluding hydrogens is 332 g/mol. The summed E-state index contributed by atoms with van der Waals surface area (Å²) in [5.41, 5.74) is 0.984. The molecule has 0 spiro atoms. The topological polar surface area (TPSA) is 96.2 Å². The lowest BCUT2D eigenvalue weighted by atomic mass is 10.0. The summed E-state index contributed by atoms with van der Waals surface area (Å²) in [6.45, 7) is -0.367. The van der Waals surface area contributed by atoms with E-state index in [0.29, 0.717) is 10.6 Å². The molecule has 0 saturated heterocycles. The predicted molar refractivity (Wildman–Crippen MR) is 88.0 cm³/mol. The number of carboxylic acid groups (broad SMARTS) is 1. The molecule has 6 nitrogen and oxygen atoms in total. The zero-order chi connectivity index (χ0) is 17.5. The molecule has 0 amide bonds. The van der Waals surface area contributed by atoms with Gasteiger partial charge in [-0.2, -0.15) is 10.2 Å². The zero-order valence-electron chi connectivity index (χ0n) is 12.5. The van der Waals surface area contributed by atoms with E-state index in [9.17, 15) is 14.4 Å². The number of rotatable bonds is 7. The number of carbonyl (C=O) groups excluding carboxylic acids is 2. The van der Waals surface area contributed by atoms with E-state index in [2.05, 4.69) is 10.2 Å². The third kappa shape index (κ3) is 4.82. The van der Waals surface area contributed by atoms with Gasteiger partial charge in [-0.3, -0.25) is 14.4 Å². The Balaban J connectivity index is 2.23. The Hall–Kier alpha value is -2.86. The highest BCUT2D eigenvalue weighted by Crippen LogP contribution is 2.26. The van der Waals surface area contributed by atoms with Gasteiger partial charge in [0.25, 0.3) is 0 Å². The number of benzene rings is 2. The smallest absolute Gasteiger partial charge is 0.310 e. The van der Waals surface area contributed by atoms with Crippen LogP contribution in [0, 0.1) is 0 Å². The molecule has 0 atom stereocenters. The molecule has 0 aromatic heterocycles. The van der Waals surface area contributed by atoms with E-state index >= 15 is 0 Å². The maximum Gasteiger partial charge on any atom is 0.310 e. The first-order chi connectivity index (χ1) is 11.5. The van der Waals surface area contributed by atoms with Crippen LogP contribution in [0.2, 0.25) is 5.02 Å². The molecule has 7 heteroatoms. The van der Waals surface area contributed by atoms with Gasteiger partial charge in [-0.05, 0) is 18.2 Å². The van der Waals surface area contributed by atoms with Crippen LogP contribution in [-0.4, -0.2) is 29.2 Å². The van der Waals surface area contributed by atoms with Gasteiger partial charge in [0.15, 0.2) is 11.6 Å². The first-order valence-electron chi connectivity index (χ1n) is 6.97. The van der Waals surface area contributed by atoms with Crippen molar-refractivity contribution in [3.63, 3.8) is 0 Å². The fourth-order valence-electron chi connectivity index (χ4n) is 1.94. The van der Waals surface area contributed by atoms with Crippen LogP contribution in [0.4, 0.5) is 5.69 Å². The van der Waals surface area contributed by atoms with Crippen LogP contribution < -0.4 is 0 Å². The van der Waals surface area contributed by atoms with Crippen molar-refractivity contribution in [1.82, 2.24) is 0 Å². The van der Waals surface area contributed by atoms with Crippen LogP contribution >= 0.6 is 11.6 Å². The Morgan fingerprint density at radius 3 is 2.42 bits per heavy atom. The number of nitrogens with zero attached hydrogens (tertiary/aromatic N) is 2.